The number of primary amides is 1. The monoisotopic (exact) mass is 317 g/mol. The van der Waals surface area contributed by atoms with E-state index in [0.29, 0.717) is 49.5 Å². The molecule has 1 aromatic carbocycles. The van der Waals surface area contributed by atoms with Crippen molar-refractivity contribution in [3.8, 4) is 5.75 Å². The van der Waals surface area contributed by atoms with Gasteiger partial charge in [-0.15, -0.1) is 0 Å². The van der Waals surface area contributed by atoms with Gasteiger partial charge in [0.1, 0.15) is 5.75 Å². The number of nitrogens with two attached hydrogens (primary N) is 1. The zero-order chi connectivity index (χ0) is 16.4. The fourth-order valence-electron chi connectivity index (χ4n) is 2.94. The normalized spacial score (nSPS) is 20.4. The second kappa shape index (κ2) is 6.28. The van der Waals surface area contributed by atoms with Crippen LogP contribution in [-0.4, -0.2) is 42.3 Å². The summed E-state index contributed by atoms with van der Waals surface area (Å²) in [5.74, 6) is -0.118. The molecular formula is C16H19N3O4. The van der Waals surface area contributed by atoms with Crippen LogP contribution in [0.25, 0.3) is 0 Å². The van der Waals surface area contributed by atoms with Gasteiger partial charge in [-0.05, 0) is 31.0 Å². The van der Waals surface area contributed by atoms with E-state index in [4.69, 9.17) is 10.5 Å². The summed E-state index contributed by atoms with van der Waals surface area (Å²) in [6, 6.07) is 4.72. The van der Waals surface area contributed by atoms with Gasteiger partial charge in [-0.25, -0.2) is 4.79 Å². The van der Waals surface area contributed by atoms with Gasteiger partial charge in [-0.1, -0.05) is 0 Å². The van der Waals surface area contributed by atoms with Gasteiger partial charge in [0.25, 0.3) is 0 Å². The summed E-state index contributed by atoms with van der Waals surface area (Å²) in [6.07, 6.45) is 1.80. The first-order valence-corrected chi connectivity index (χ1v) is 7.70. The maximum atomic E-state index is 12.3. The van der Waals surface area contributed by atoms with E-state index in [-0.39, 0.29) is 23.6 Å². The molecular weight excluding hydrogens is 298 g/mol. The Morgan fingerprint density at radius 3 is 2.96 bits per heavy atom. The van der Waals surface area contributed by atoms with Crippen LogP contribution in [0.1, 0.15) is 29.6 Å². The number of nitrogens with one attached hydrogen (secondary N) is 1. The molecule has 3 rings (SSSR count). The Labute approximate surface area is 133 Å². The van der Waals surface area contributed by atoms with Crippen LogP contribution in [0.3, 0.4) is 0 Å². The van der Waals surface area contributed by atoms with E-state index in [1.54, 1.807) is 23.1 Å². The van der Waals surface area contributed by atoms with Gasteiger partial charge < -0.3 is 20.7 Å². The highest BCUT2D eigenvalue weighted by Gasteiger charge is 2.27. The molecule has 7 nitrogen and oxygen atoms in total. The summed E-state index contributed by atoms with van der Waals surface area (Å²) in [5.41, 5.74) is 6.35. The Balaban J connectivity index is 1.69. The van der Waals surface area contributed by atoms with Crippen molar-refractivity contribution >= 4 is 23.4 Å². The van der Waals surface area contributed by atoms with E-state index in [0.717, 1.165) is 6.42 Å². The maximum Gasteiger partial charge on any atom is 0.321 e. The van der Waals surface area contributed by atoms with Gasteiger partial charge in [0, 0.05) is 25.2 Å². The summed E-state index contributed by atoms with van der Waals surface area (Å²) in [6.45, 7) is 1.30. The Morgan fingerprint density at radius 1 is 1.35 bits per heavy atom. The molecule has 0 saturated carbocycles. The number of nitrogens with zero attached hydrogens (tertiary/aromatic N) is 1. The fourth-order valence-corrected chi connectivity index (χ4v) is 2.94. The van der Waals surface area contributed by atoms with Crippen LogP contribution in [0.2, 0.25) is 0 Å². The minimum absolute atomic E-state index is 0.00844. The molecule has 0 aromatic heterocycles. The summed E-state index contributed by atoms with van der Waals surface area (Å²) in [7, 11) is 0. The zero-order valence-corrected chi connectivity index (χ0v) is 12.7. The van der Waals surface area contributed by atoms with E-state index >= 15 is 0 Å². The van der Waals surface area contributed by atoms with Crippen molar-refractivity contribution in [2.75, 3.05) is 25.0 Å². The largest absolute Gasteiger partial charge is 0.492 e. The quantitative estimate of drug-likeness (QED) is 0.860. The Morgan fingerprint density at radius 2 is 2.17 bits per heavy atom. The molecule has 7 heteroatoms. The van der Waals surface area contributed by atoms with Crippen molar-refractivity contribution in [1.29, 1.82) is 0 Å². The van der Waals surface area contributed by atoms with Crippen molar-refractivity contribution < 1.29 is 19.1 Å². The average molecular weight is 317 g/mol. The number of fused-ring (bicyclic) bond motifs is 1. The van der Waals surface area contributed by atoms with E-state index in [2.05, 4.69) is 5.32 Å². The molecule has 1 saturated heterocycles. The van der Waals surface area contributed by atoms with Crippen molar-refractivity contribution in [3.05, 3.63) is 23.8 Å². The summed E-state index contributed by atoms with van der Waals surface area (Å²) in [5, 5.41) is 2.77. The number of anilines is 1. The fraction of sp³-hybridized carbons (Fsp3) is 0.438. The van der Waals surface area contributed by atoms with Crippen molar-refractivity contribution in [3.63, 3.8) is 0 Å². The molecule has 0 bridgehead atoms. The molecule has 0 spiro atoms. The minimum Gasteiger partial charge on any atom is -0.492 e. The van der Waals surface area contributed by atoms with E-state index in [9.17, 15) is 14.4 Å². The standard InChI is InChI=1S/C16H19N3O4/c17-15(21)10-2-1-6-19(9-10)16(22)18-11-3-4-14-12(8-11)13(20)5-7-23-14/h3-4,8,10H,1-2,5-7,9H2,(H2,17,21)(H,18,22)/t10-/m1/s1. The number of hydrogen-bond acceptors (Lipinski definition) is 4. The Kier molecular flexibility index (Phi) is 4.18. The molecule has 2 aliphatic heterocycles. The van der Waals surface area contributed by atoms with Crippen molar-refractivity contribution in [2.24, 2.45) is 11.7 Å². The summed E-state index contributed by atoms with van der Waals surface area (Å²) in [4.78, 5) is 37.1. The average Bonchev–Trinajstić information content (AvgIpc) is 2.55. The number of carbonyl (C=O) groups excluding carboxylic acids is 3. The second-order valence-electron chi connectivity index (χ2n) is 5.85. The van der Waals surface area contributed by atoms with Crippen LogP contribution in [0.4, 0.5) is 10.5 Å². The number of carbonyl (C=O) groups is 3. The number of hydrogen-bond donors (Lipinski definition) is 2. The number of likely N-dealkylation sites (tertiary alicyclic amines) is 1. The first-order chi connectivity index (χ1) is 11.0. The lowest BCUT2D eigenvalue weighted by atomic mass is 9.98. The van der Waals surface area contributed by atoms with E-state index in [1.807, 2.05) is 0 Å². The smallest absolute Gasteiger partial charge is 0.321 e. The summed E-state index contributed by atoms with van der Waals surface area (Å²) >= 11 is 0. The van der Waals surface area contributed by atoms with Gasteiger partial charge in [0.05, 0.1) is 18.1 Å². The third-order valence-electron chi connectivity index (χ3n) is 4.23. The van der Waals surface area contributed by atoms with Crippen LogP contribution in [-0.2, 0) is 4.79 Å². The van der Waals surface area contributed by atoms with Gasteiger partial charge in [0.15, 0.2) is 5.78 Å². The molecule has 3 amide bonds. The molecule has 1 atom stereocenters. The number of rotatable bonds is 2. The van der Waals surface area contributed by atoms with Crippen LogP contribution in [0.5, 0.6) is 5.75 Å². The molecule has 2 heterocycles. The van der Waals surface area contributed by atoms with Crippen LogP contribution >= 0.6 is 0 Å². The Hall–Kier alpha value is -2.57. The molecule has 0 radical (unpaired) electrons. The van der Waals surface area contributed by atoms with Crippen LogP contribution in [0, 0.1) is 5.92 Å². The predicted molar refractivity (Wildman–Crippen MR) is 83.4 cm³/mol. The number of ketones is 1. The van der Waals surface area contributed by atoms with Crippen molar-refractivity contribution in [1.82, 2.24) is 4.90 Å². The molecule has 3 N–H and O–H groups in total. The predicted octanol–water partition coefficient (Wildman–Crippen LogP) is 1.38. The van der Waals surface area contributed by atoms with Crippen molar-refractivity contribution in [2.45, 2.75) is 19.3 Å². The van der Waals surface area contributed by atoms with Gasteiger partial charge >= 0.3 is 6.03 Å². The molecule has 1 fully saturated rings. The minimum atomic E-state index is -0.376. The van der Waals surface area contributed by atoms with Crippen LogP contribution < -0.4 is 15.8 Å². The highest BCUT2D eigenvalue weighted by atomic mass is 16.5. The molecule has 0 aliphatic carbocycles. The Bertz CT molecular complexity index is 659. The molecule has 0 unspecified atom stereocenters. The van der Waals surface area contributed by atoms with E-state index < -0.39 is 0 Å². The number of amides is 3. The second-order valence-corrected chi connectivity index (χ2v) is 5.85. The van der Waals surface area contributed by atoms with Gasteiger partial charge in [0.2, 0.25) is 5.91 Å². The first kappa shape index (κ1) is 15.3. The highest BCUT2D eigenvalue weighted by Crippen LogP contribution is 2.28. The van der Waals surface area contributed by atoms with Gasteiger partial charge in [-0.2, -0.15) is 0 Å². The number of Topliss-reactive ketones (excluding diaryl/α,β-unsaturated/α-hetero) is 1. The lowest BCUT2D eigenvalue weighted by Crippen LogP contribution is -2.45. The highest BCUT2D eigenvalue weighted by molar-refractivity contribution is 6.01. The molecule has 23 heavy (non-hydrogen) atoms. The number of piperidine rings is 1. The van der Waals surface area contributed by atoms with E-state index in [1.165, 1.54) is 0 Å². The molecule has 122 valence electrons. The first-order valence-electron chi connectivity index (χ1n) is 7.70. The third kappa shape index (κ3) is 3.28. The number of ether oxygens (including phenoxy) is 1. The topological polar surface area (TPSA) is 102 Å². The van der Waals surface area contributed by atoms with Gasteiger partial charge in [-0.3, -0.25) is 9.59 Å². The molecule has 1 aromatic rings. The molecule has 2 aliphatic rings. The zero-order valence-electron chi connectivity index (χ0n) is 12.7. The maximum absolute atomic E-state index is 12.3. The summed E-state index contributed by atoms with van der Waals surface area (Å²) < 4.78 is 5.42. The van der Waals surface area contributed by atoms with Crippen LogP contribution in [0.15, 0.2) is 18.2 Å². The lowest BCUT2D eigenvalue weighted by molar-refractivity contribution is -0.123. The lowest BCUT2D eigenvalue weighted by Gasteiger charge is -2.31. The number of benzene rings is 1. The third-order valence-corrected chi connectivity index (χ3v) is 4.23. The SMILES string of the molecule is NC(=O)[C@@H]1CCCN(C(=O)Nc2ccc3c(c2)C(=O)CCO3)C1. The number of urea groups is 1.